The molecule has 0 saturated carbocycles. The third-order valence-corrected chi connectivity index (χ3v) is 3.22. The number of fused-ring (bicyclic) bond motifs is 1. The van der Waals surface area contributed by atoms with Gasteiger partial charge in [-0.1, -0.05) is 18.2 Å². The molecule has 0 atom stereocenters. The van der Waals surface area contributed by atoms with E-state index < -0.39 is 0 Å². The molecular weight excluding hydrogens is 269 g/mol. The van der Waals surface area contributed by atoms with Gasteiger partial charge < -0.3 is 9.84 Å². The number of hydrogen-bond acceptors (Lipinski definition) is 3. The molecule has 0 fully saturated rings. The van der Waals surface area contributed by atoms with Gasteiger partial charge in [0.2, 0.25) is 0 Å². The Hall–Kier alpha value is -2.46. The van der Waals surface area contributed by atoms with Gasteiger partial charge in [0.25, 0.3) is 0 Å². The largest absolute Gasteiger partial charge is 0.489 e. The number of ether oxygens (including phenoxy) is 1. The summed E-state index contributed by atoms with van der Waals surface area (Å²) in [5, 5.41) is 9.86. The minimum Gasteiger partial charge on any atom is -0.489 e. The molecule has 3 nitrogen and oxygen atoms in total. The van der Waals surface area contributed by atoms with Crippen molar-refractivity contribution in [3.8, 4) is 5.75 Å². The molecular formula is C17H14FNO2. The molecule has 0 bridgehead atoms. The molecule has 0 aliphatic carbocycles. The van der Waals surface area contributed by atoms with Crippen molar-refractivity contribution < 1.29 is 14.2 Å². The number of aliphatic hydroxyl groups excluding tert-OH is 1. The van der Waals surface area contributed by atoms with Crippen LogP contribution in [-0.4, -0.2) is 10.1 Å². The first kappa shape index (κ1) is 13.5. The maximum absolute atomic E-state index is 13.6. The molecule has 1 aromatic heterocycles. The topological polar surface area (TPSA) is 42.4 Å². The number of pyridine rings is 1. The average Bonchev–Trinajstić information content (AvgIpc) is 2.52. The van der Waals surface area contributed by atoms with E-state index in [4.69, 9.17) is 9.84 Å². The summed E-state index contributed by atoms with van der Waals surface area (Å²) >= 11 is 0. The van der Waals surface area contributed by atoms with Gasteiger partial charge in [0.15, 0.2) is 0 Å². The molecule has 3 aromatic rings. The van der Waals surface area contributed by atoms with Crippen LogP contribution in [0.5, 0.6) is 5.75 Å². The van der Waals surface area contributed by atoms with Gasteiger partial charge in [-0.05, 0) is 35.9 Å². The zero-order valence-electron chi connectivity index (χ0n) is 11.3. The lowest BCUT2D eigenvalue weighted by molar-refractivity contribution is 0.278. The highest BCUT2D eigenvalue weighted by atomic mass is 19.1. The Bertz CT molecular complexity index is 774. The van der Waals surface area contributed by atoms with E-state index in [1.807, 2.05) is 18.2 Å². The zero-order chi connectivity index (χ0) is 14.7. The number of hydrogen-bond donors (Lipinski definition) is 1. The molecule has 21 heavy (non-hydrogen) atoms. The van der Waals surface area contributed by atoms with Crippen LogP contribution in [0.25, 0.3) is 10.9 Å². The monoisotopic (exact) mass is 283 g/mol. The van der Waals surface area contributed by atoms with E-state index in [1.54, 1.807) is 24.4 Å². The van der Waals surface area contributed by atoms with E-state index in [2.05, 4.69) is 4.98 Å². The van der Waals surface area contributed by atoms with Crippen LogP contribution in [-0.2, 0) is 13.2 Å². The number of rotatable bonds is 4. The minimum absolute atomic E-state index is 0.0400. The molecule has 2 aromatic carbocycles. The summed E-state index contributed by atoms with van der Waals surface area (Å²) in [6.45, 7) is 0.182. The summed E-state index contributed by atoms with van der Waals surface area (Å²) in [5.41, 5.74) is 2.20. The van der Waals surface area contributed by atoms with Crippen molar-refractivity contribution in [3.63, 3.8) is 0 Å². The number of halogens is 1. The fraction of sp³-hybridized carbons (Fsp3) is 0.118. The second-order valence-electron chi connectivity index (χ2n) is 4.73. The van der Waals surface area contributed by atoms with Crippen LogP contribution in [0.1, 0.15) is 11.1 Å². The van der Waals surface area contributed by atoms with Gasteiger partial charge in [-0.3, -0.25) is 4.98 Å². The van der Waals surface area contributed by atoms with Crippen molar-refractivity contribution in [2.75, 3.05) is 0 Å². The fourth-order valence-electron chi connectivity index (χ4n) is 2.23. The molecule has 1 heterocycles. The highest BCUT2D eigenvalue weighted by Gasteiger charge is 2.06. The lowest BCUT2D eigenvalue weighted by atomic mass is 10.1. The van der Waals surface area contributed by atoms with Crippen molar-refractivity contribution in [1.29, 1.82) is 0 Å². The molecule has 0 unspecified atom stereocenters. The zero-order valence-corrected chi connectivity index (χ0v) is 11.3. The van der Waals surface area contributed by atoms with E-state index >= 15 is 0 Å². The maximum atomic E-state index is 13.6. The van der Waals surface area contributed by atoms with Gasteiger partial charge in [0.1, 0.15) is 18.2 Å². The van der Waals surface area contributed by atoms with Gasteiger partial charge in [0.05, 0.1) is 12.1 Å². The van der Waals surface area contributed by atoms with Crippen LogP contribution >= 0.6 is 0 Å². The number of nitrogens with zero attached hydrogens (tertiary/aromatic N) is 1. The molecule has 0 amide bonds. The molecule has 106 valence electrons. The summed E-state index contributed by atoms with van der Waals surface area (Å²) < 4.78 is 19.3. The predicted octanol–water partition coefficient (Wildman–Crippen LogP) is 3.45. The van der Waals surface area contributed by atoms with Crippen LogP contribution in [0.4, 0.5) is 4.39 Å². The first-order valence-corrected chi connectivity index (χ1v) is 6.62. The Kier molecular flexibility index (Phi) is 3.79. The first-order chi connectivity index (χ1) is 10.3. The van der Waals surface area contributed by atoms with Crippen molar-refractivity contribution >= 4 is 10.9 Å². The van der Waals surface area contributed by atoms with Crippen molar-refractivity contribution in [2.24, 2.45) is 0 Å². The lowest BCUT2D eigenvalue weighted by Crippen LogP contribution is -1.99. The summed E-state index contributed by atoms with van der Waals surface area (Å²) in [5.74, 6) is 0.327. The number of aromatic nitrogens is 1. The van der Waals surface area contributed by atoms with Crippen LogP contribution in [0.2, 0.25) is 0 Å². The van der Waals surface area contributed by atoms with E-state index in [-0.39, 0.29) is 19.0 Å². The Balaban J connectivity index is 1.87. The molecule has 0 saturated heterocycles. The molecule has 0 aliphatic rings. The highest BCUT2D eigenvalue weighted by Crippen LogP contribution is 2.21. The van der Waals surface area contributed by atoms with Crippen molar-refractivity contribution in [2.45, 2.75) is 13.2 Å². The summed E-state index contributed by atoms with van der Waals surface area (Å²) in [6, 6.07) is 13.7. The highest BCUT2D eigenvalue weighted by molar-refractivity contribution is 5.81. The van der Waals surface area contributed by atoms with E-state index in [1.165, 1.54) is 12.1 Å². The van der Waals surface area contributed by atoms with Gasteiger partial charge in [-0.2, -0.15) is 0 Å². The van der Waals surface area contributed by atoms with Crippen molar-refractivity contribution in [3.05, 3.63) is 71.7 Å². The van der Waals surface area contributed by atoms with Gasteiger partial charge in [-0.15, -0.1) is 0 Å². The summed E-state index contributed by atoms with van der Waals surface area (Å²) in [4.78, 5) is 4.28. The molecule has 0 aliphatic heterocycles. The molecule has 4 heteroatoms. The summed E-state index contributed by atoms with van der Waals surface area (Å²) in [7, 11) is 0. The Labute approximate surface area is 121 Å². The van der Waals surface area contributed by atoms with Gasteiger partial charge >= 0.3 is 0 Å². The quantitative estimate of drug-likeness (QED) is 0.797. The van der Waals surface area contributed by atoms with Crippen LogP contribution < -0.4 is 4.74 Å². The molecule has 0 radical (unpaired) electrons. The van der Waals surface area contributed by atoms with Crippen LogP contribution in [0.3, 0.4) is 0 Å². The van der Waals surface area contributed by atoms with E-state index in [0.717, 1.165) is 16.5 Å². The van der Waals surface area contributed by atoms with E-state index in [0.29, 0.717) is 11.3 Å². The second-order valence-corrected chi connectivity index (χ2v) is 4.73. The van der Waals surface area contributed by atoms with Gasteiger partial charge in [-0.25, -0.2) is 4.39 Å². The molecule has 1 N–H and O–H groups in total. The maximum Gasteiger partial charge on any atom is 0.124 e. The standard InChI is InChI=1S/C17H14FNO2/c18-15-8-13-4-2-6-19-17(13)14(9-15)11-21-16-5-1-3-12(7-16)10-20/h1-9,20H,10-11H2. The van der Waals surface area contributed by atoms with Gasteiger partial charge in [0, 0.05) is 17.1 Å². The normalized spacial score (nSPS) is 10.8. The smallest absolute Gasteiger partial charge is 0.124 e. The number of aliphatic hydroxyl groups is 1. The minimum atomic E-state index is -0.307. The molecule has 0 spiro atoms. The SMILES string of the molecule is OCc1cccc(OCc2cc(F)cc3cccnc23)c1. The summed E-state index contributed by atoms with van der Waals surface area (Å²) in [6.07, 6.45) is 1.68. The second kappa shape index (κ2) is 5.89. The third-order valence-electron chi connectivity index (χ3n) is 3.22. The lowest BCUT2D eigenvalue weighted by Gasteiger charge is -2.09. The third kappa shape index (κ3) is 3.01. The van der Waals surface area contributed by atoms with Crippen molar-refractivity contribution in [1.82, 2.24) is 4.98 Å². The fourth-order valence-corrected chi connectivity index (χ4v) is 2.23. The molecule has 3 rings (SSSR count). The Morgan fingerprint density at radius 2 is 2.00 bits per heavy atom. The predicted molar refractivity (Wildman–Crippen MR) is 78.4 cm³/mol. The van der Waals surface area contributed by atoms with Crippen LogP contribution in [0.15, 0.2) is 54.7 Å². The number of benzene rings is 2. The average molecular weight is 283 g/mol. The van der Waals surface area contributed by atoms with E-state index in [9.17, 15) is 4.39 Å². The van der Waals surface area contributed by atoms with Crippen LogP contribution in [0, 0.1) is 5.82 Å². The first-order valence-electron chi connectivity index (χ1n) is 6.62. The Morgan fingerprint density at radius 3 is 2.86 bits per heavy atom. The Morgan fingerprint density at radius 1 is 1.10 bits per heavy atom.